The van der Waals surface area contributed by atoms with Gasteiger partial charge in [-0.05, 0) is 58.7 Å². The van der Waals surface area contributed by atoms with E-state index < -0.39 is 12.6 Å². The van der Waals surface area contributed by atoms with E-state index in [1.54, 1.807) is 0 Å². The Hall–Kier alpha value is -0.290. The van der Waals surface area contributed by atoms with Crippen LogP contribution in [0.15, 0.2) is 0 Å². The smallest absolute Gasteiger partial charge is 0.311 e. The highest BCUT2D eigenvalue weighted by atomic mass is 19.4. The van der Waals surface area contributed by atoms with E-state index in [2.05, 4.69) is 24.1 Å². The van der Waals surface area contributed by atoms with Crippen molar-refractivity contribution in [2.45, 2.75) is 70.6 Å². The Bertz CT molecular complexity index is 243. The van der Waals surface area contributed by atoms with E-state index in [9.17, 15) is 13.2 Å². The van der Waals surface area contributed by atoms with Crippen LogP contribution in [-0.4, -0.2) is 42.8 Å². The predicted molar refractivity (Wildman–Crippen MR) is 72.3 cm³/mol. The van der Waals surface area contributed by atoms with Gasteiger partial charge in [0.15, 0.2) is 0 Å². The molecule has 0 spiro atoms. The lowest BCUT2D eigenvalue weighted by molar-refractivity contribution is -0.135. The first-order valence-corrected chi connectivity index (χ1v) is 7.46. The molecule has 0 radical (unpaired) electrons. The van der Waals surface area contributed by atoms with E-state index in [1.165, 1.54) is 0 Å². The fourth-order valence-corrected chi connectivity index (χ4v) is 2.60. The number of nitrogens with zero attached hydrogens (tertiary/aromatic N) is 1. The second-order valence-corrected chi connectivity index (χ2v) is 5.66. The van der Waals surface area contributed by atoms with Gasteiger partial charge in [-0.2, -0.15) is 13.2 Å². The lowest BCUT2D eigenvalue weighted by Crippen LogP contribution is -2.44. The zero-order chi connectivity index (χ0) is 14.3. The van der Waals surface area contributed by atoms with Gasteiger partial charge in [-0.15, -0.1) is 0 Å². The molecule has 1 aliphatic rings. The van der Waals surface area contributed by atoms with Crippen LogP contribution < -0.4 is 5.32 Å². The van der Waals surface area contributed by atoms with Gasteiger partial charge in [0.25, 0.3) is 0 Å². The van der Waals surface area contributed by atoms with Gasteiger partial charge >= 0.3 is 6.18 Å². The van der Waals surface area contributed by atoms with Gasteiger partial charge in [-0.25, -0.2) is 0 Å². The van der Waals surface area contributed by atoms with Crippen molar-refractivity contribution in [2.24, 2.45) is 0 Å². The molecule has 5 heteroatoms. The summed E-state index contributed by atoms with van der Waals surface area (Å²) in [6, 6.07) is 1.05. The van der Waals surface area contributed by atoms with E-state index in [-0.39, 0.29) is 6.42 Å². The SMILES string of the molecule is CCC1CCN(CCCCC(F)(F)F)CCC(C)N1. The van der Waals surface area contributed by atoms with E-state index in [4.69, 9.17) is 0 Å². The maximum Gasteiger partial charge on any atom is 0.389 e. The van der Waals surface area contributed by atoms with Crippen molar-refractivity contribution in [1.29, 1.82) is 0 Å². The molecule has 1 N–H and O–H groups in total. The second kappa shape index (κ2) is 8.10. The van der Waals surface area contributed by atoms with Crippen LogP contribution in [0.2, 0.25) is 0 Å². The van der Waals surface area contributed by atoms with Gasteiger partial charge in [-0.1, -0.05) is 6.92 Å². The average molecular weight is 280 g/mol. The minimum atomic E-state index is -4.00. The van der Waals surface area contributed by atoms with Crippen molar-refractivity contribution in [2.75, 3.05) is 19.6 Å². The highest BCUT2D eigenvalue weighted by Gasteiger charge is 2.26. The van der Waals surface area contributed by atoms with Gasteiger partial charge in [0.1, 0.15) is 0 Å². The van der Waals surface area contributed by atoms with Gasteiger partial charge in [-0.3, -0.25) is 0 Å². The Balaban J connectivity index is 2.24. The van der Waals surface area contributed by atoms with E-state index >= 15 is 0 Å². The number of nitrogens with one attached hydrogen (secondary N) is 1. The summed E-state index contributed by atoms with van der Waals surface area (Å²) >= 11 is 0. The first-order chi connectivity index (χ1) is 8.90. The summed E-state index contributed by atoms with van der Waals surface area (Å²) in [6.45, 7) is 7.18. The first-order valence-electron chi connectivity index (χ1n) is 7.46. The molecule has 1 rings (SSSR count). The molecule has 2 nitrogen and oxygen atoms in total. The topological polar surface area (TPSA) is 15.3 Å². The van der Waals surface area contributed by atoms with Gasteiger partial charge < -0.3 is 10.2 Å². The zero-order valence-corrected chi connectivity index (χ0v) is 12.1. The van der Waals surface area contributed by atoms with Crippen LogP contribution in [0.25, 0.3) is 0 Å². The molecule has 0 aliphatic carbocycles. The molecule has 0 aromatic heterocycles. The van der Waals surface area contributed by atoms with Gasteiger partial charge in [0.2, 0.25) is 0 Å². The molecular formula is C14H27F3N2. The standard InChI is InChI=1S/C14H27F3N2/c1-3-13-7-11-19(10-6-12(2)18-13)9-5-4-8-14(15,16)17/h12-13,18H,3-11H2,1-2H3. The Morgan fingerprint density at radius 1 is 1.16 bits per heavy atom. The quantitative estimate of drug-likeness (QED) is 0.774. The average Bonchev–Trinajstić information content (AvgIpc) is 2.31. The van der Waals surface area contributed by atoms with E-state index in [0.717, 1.165) is 38.9 Å². The second-order valence-electron chi connectivity index (χ2n) is 5.66. The molecule has 0 amide bonds. The highest BCUT2D eigenvalue weighted by Crippen LogP contribution is 2.22. The lowest BCUT2D eigenvalue weighted by atomic mass is 10.1. The van der Waals surface area contributed by atoms with Crippen LogP contribution in [-0.2, 0) is 0 Å². The monoisotopic (exact) mass is 280 g/mol. The fraction of sp³-hybridized carbons (Fsp3) is 1.00. The summed E-state index contributed by atoms with van der Waals surface area (Å²) in [5.74, 6) is 0. The largest absolute Gasteiger partial charge is 0.389 e. The minimum Gasteiger partial charge on any atom is -0.311 e. The molecule has 1 aliphatic heterocycles. The molecule has 0 aromatic carbocycles. The summed E-state index contributed by atoms with van der Waals surface area (Å²) in [5, 5.41) is 3.60. The van der Waals surface area contributed by atoms with Crippen LogP contribution in [0.3, 0.4) is 0 Å². The summed E-state index contributed by atoms with van der Waals surface area (Å²) in [7, 11) is 0. The first kappa shape index (κ1) is 16.8. The van der Waals surface area contributed by atoms with Crippen molar-refractivity contribution in [3.8, 4) is 0 Å². The van der Waals surface area contributed by atoms with Crippen molar-refractivity contribution in [3.05, 3.63) is 0 Å². The molecule has 2 unspecified atom stereocenters. The molecule has 1 saturated heterocycles. The Kier molecular flexibility index (Phi) is 7.15. The number of alkyl halides is 3. The van der Waals surface area contributed by atoms with Crippen molar-refractivity contribution in [1.82, 2.24) is 10.2 Å². The molecule has 1 fully saturated rings. The van der Waals surface area contributed by atoms with Crippen molar-refractivity contribution < 1.29 is 13.2 Å². The van der Waals surface area contributed by atoms with Gasteiger partial charge in [0, 0.05) is 18.5 Å². The summed E-state index contributed by atoms with van der Waals surface area (Å²) in [4.78, 5) is 2.33. The van der Waals surface area contributed by atoms with Crippen LogP contribution in [0, 0.1) is 0 Å². The maximum absolute atomic E-state index is 12.1. The maximum atomic E-state index is 12.1. The molecule has 114 valence electrons. The normalized spacial score (nSPS) is 27.0. The number of hydrogen-bond acceptors (Lipinski definition) is 2. The van der Waals surface area contributed by atoms with Gasteiger partial charge in [0.05, 0.1) is 0 Å². The van der Waals surface area contributed by atoms with Crippen LogP contribution in [0.4, 0.5) is 13.2 Å². The molecule has 0 aromatic rings. The minimum absolute atomic E-state index is 0.255. The lowest BCUT2D eigenvalue weighted by Gasteiger charge is -2.32. The molecule has 0 saturated carbocycles. The van der Waals surface area contributed by atoms with Crippen LogP contribution in [0.5, 0.6) is 0 Å². The van der Waals surface area contributed by atoms with E-state index in [0.29, 0.717) is 18.5 Å². The highest BCUT2D eigenvalue weighted by molar-refractivity contribution is 4.77. The molecule has 1 heterocycles. The summed E-state index contributed by atoms with van der Waals surface area (Å²) < 4.78 is 36.2. The Morgan fingerprint density at radius 3 is 2.47 bits per heavy atom. The number of unbranched alkanes of at least 4 members (excludes halogenated alkanes) is 1. The number of hydrogen-bond donors (Lipinski definition) is 1. The molecule has 2 atom stereocenters. The third kappa shape index (κ3) is 7.78. The van der Waals surface area contributed by atoms with Crippen LogP contribution >= 0.6 is 0 Å². The summed E-state index contributed by atoms with van der Waals surface area (Å²) in [5.41, 5.74) is 0. The predicted octanol–water partition coefficient (Wildman–Crippen LogP) is 3.57. The molecule has 0 bridgehead atoms. The van der Waals surface area contributed by atoms with E-state index in [1.807, 2.05) is 0 Å². The third-order valence-corrected chi connectivity index (χ3v) is 3.87. The Labute approximate surface area is 114 Å². The molecular weight excluding hydrogens is 253 g/mol. The summed E-state index contributed by atoms with van der Waals surface area (Å²) in [6.07, 6.45) is -0.441. The fourth-order valence-electron chi connectivity index (χ4n) is 2.60. The van der Waals surface area contributed by atoms with Crippen molar-refractivity contribution in [3.63, 3.8) is 0 Å². The number of rotatable bonds is 5. The Morgan fingerprint density at radius 2 is 1.84 bits per heavy atom. The number of halogens is 3. The third-order valence-electron chi connectivity index (χ3n) is 3.87. The zero-order valence-electron chi connectivity index (χ0n) is 12.1. The van der Waals surface area contributed by atoms with Crippen LogP contribution in [0.1, 0.15) is 52.4 Å². The van der Waals surface area contributed by atoms with Crippen molar-refractivity contribution >= 4 is 0 Å². The molecule has 19 heavy (non-hydrogen) atoms.